The van der Waals surface area contributed by atoms with Crippen LogP contribution < -0.4 is 10.2 Å². The minimum atomic E-state index is -0.279. The van der Waals surface area contributed by atoms with Crippen LogP contribution in [0.4, 0.5) is 10.2 Å². The predicted molar refractivity (Wildman–Crippen MR) is 123 cm³/mol. The molecule has 0 aliphatic carbocycles. The molecule has 162 valence electrons. The summed E-state index contributed by atoms with van der Waals surface area (Å²) in [5, 5.41) is 8.51. The van der Waals surface area contributed by atoms with Gasteiger partial charge in [0.15, 0.2) is 5.65 Å². The van der Waals surface area contributed by atoms with Gasteiger partial charge in [-0.3, -0.25) is 4.98 Å². The lowest BCUT2D eigenvalue weighted by Crippen LogP contribution is -2.38. The van der Waals surface area contributed by atoms with Crippen LogP contribution in [0.15, 0.2) is 60.9 Å². The second kappa shape index (κ2) is 7.67. The number of rotatable bonds is 3. The van der Waals surface area contributed by atoms with Gasteiger partial charge in [0, 0.05) is 36.6 Å². The topological polar surface area (TPSA) is 58.4 Å². The smallest absolute Gasteiger partial charge is 0.155 e. The lowest BCUT2D eigenvalue weighted by molar-refractivity contribution is 0.232. The predicted octanol–water partition coefficient (Wildman–Crippen LogP) is 4.18. The molecule has 2 aliphatic rings. The molecule has 0 unspecified atom stereocenters. The lowest BCUT2D eigenvalue weighted by Gasteiger charge is -2.33. The van der Waals surface area contributed by atoms with Gasteiger partial charge in [-0.1, -0.05) is 12.1 Å². The Morgan fingerprint density at radius 2 is 1.78 bits per heavy atom. The van der Waals surface area contributed by atoms with E-state index in [1.54, 1.807) is 18.5 Å². The van der Waals surface area contributed by atoms with Crippen molar-refractivity contribution in [3.8, 4) is 22.5 Å². The summed E-state index contributed by atoms with van der Waals surface area (Å²) in [5.74, 6) is 0.685. The first kappa shape index (κ1) is 19.4. The highest BCUT2D eigenvalue weighted by Crippen LogP contribution is 2.40. The summed E-state index contributed by atoms with van der Waals surface area (Å²) in [5.41, 5.74) is 4.40. The summed E-state index contributed by atoms with van der Waals surface area (Å²) in [4.78, 5) is 11.4. The van der Waals surface area contributed by atoms with Crippen LogP contribution in [0, 0.1) is 11.2 Å². The van der Waals surface area contributed by atoms with E-state index in [9.17, 15) is 4.39 Å². The van der Waals surface area contributed by atoms with Gasteiger partial charge in [0.05, 0.1) is 5.69 Å². The summed E-state index contributed by atoms with van der Waals surface area (Å²) < 4.78 is 15.9. The van der Waals surface area contributed by atoms with Crippen LogP contribution >= 0.6 is 0 Å². The second-order valence-electron chi connectivity index (χ2n) is 8.94. The standard InChI is InChI=1S/C25H25FN6/c26-20-3-1-2-19(16-20)23-24(18-6-11-27-12-7-18)32-21(29-23)4-5-22(30-32)31-15-10-25(17-31)8-13-28-14-9-25/h1-7,11-12,16,28H,8-10,13-15,17H2. The highest BCUT2D eigenvalue weighted by molar-refractivity contribution is 5.81. The summed E-state index contributed by atoms with van der Waals surface area (Å²) in [6.45, 7) is 4.27. The molecule has 6 rings (SSSR count). The summed E-state index contributed by atoms with van der Waals surface area (Å²) in [6.07, 6.45) is 7.18. The fraction of sp³-hybridized carbons (Fsp3) is 0.320. The molecule has 1 N–H and O–H groups in total. The molecule has 0 saturated carbocycles. The van der Waals surface area contributed by atoms with Gasteiger partial charge in [0.1, 0.15) is 17.3 Å². The van der Waals surface area contributed by atoms with Gasteiger partial charge in [-0.2, -0.15) is 0 Å². The third kappa shape index (κ3) is 3.33. The number of nitrogens with one attached hydrogen (secondary N) is 1. The molecule has 32 heavy (non-hydrogen) atoms. The van der Waals surface area contributed by atoms with E-state index >= 15 is 0 Å². The maximum atomic E-state index is 14.0. The van der Waals surface area contributed by atoms with Gasteiger partial charge in [-0.15, -0.1) is 5.10 Å². The number of hydrogen-bond donors (Lipinski definition) is 1. The number of halogens is 1. The minimum Gasteiger partial charge on any atom is -0.355 e. The molecule has 0 atom stereocenters. The molecule has 2 aliphatic heterocycles. The Balaban J connectivity index is 1.46. The Kier molecular flexibility index (Phi) is 4.64. The van der Waals surface area contributed by atoms with Gasteiger partial charge < -0.3 is 10.2 Å². The van der Waals surface area contributed by atoms with E-state index in [4.69, 9.17) is 10.1 Å². The van der Waals surface area contributed by atoms with Gasteiger partial charge in [-0.25, -0.2) is 13.9 Å². The third-order valence-electron chi connectivity index (χ3n) is 6.94. The Bertz CT molecular complexity index is 1260. The first-order valence-electron chi connectivity index (χ1n) is 11.2. The average Bonchev–Trinajstić information content (AvgIpc) is 3.41. The van der Waals surface area contributed by atoms with Crippen LogP contribution in [0.25, 0.3) is 28.2 Å². The molecule has 1 aromatic carbocycles. The highest BCUT2D eigenvalue weighted by atomic mass is 19.1. The van der Waals surface area contributed by atoms with Crippen molar-refractivity contribution in [1.82, 2.24) is 24.9 Å². The molecule has 1 spiro atoms. The van der Waals surface area contributed by atoms with Crippen LogP contribution in [0.3, 0.4) is 0 Å². The molecule has 0 radical (unpaired) electrons. The SMILES string of the molecule is Fc1cccc(-c2nc3ccc(N4CCC5(CCNCC5)C4)nn3c2-c2ccncc2)c1. The Morgan fingerprint density at radius 1 is 0.938 bits per heavy atom. The first-order valence-corrected chi connectivity index (χ1v) is 11.2. The molecule has 0 bridgehead atoms. The van der Waals surface area contributed by atoms with Crippen molar-refractivity contribution >= 4 is 11.5 Å². The van der Waals surface area contributed by atoms with E-state index < -0.39 is 0 Å². The van der Waals surface area contributed by atoms with Gasteiger partial charge in [-0.05, 0) is 74.2 Å². The fourth-order valence-electron chi connectivity index (χ4n) is 5.19. The number of aromatic nitrogens is 4. The Morgan fingerprint density at radius 3 is 2.59 bits per heavy atom. The van der Waals surface area contributed by atoms with Gasteiger partial charge in [0.25, 0.3) is 0 Å². The molecule has 2 fully saturated rings. The fourth-order valence-corrected chi connectivity index (χ4v) is 5.19. The molecule has 7 heteroatoms. The summed E-state index contributed by atoms with van der Waals surface area (Å²) in [6, 6.07) is 14.5. The molecule has 5 heterocycles. The molecule has 0 amide bonds. The average molecular weight is 429 g/mol. The normalized spacial score (nSPS) is 18.0. The van der Waals surface area contributed by atoms with E-state index in [0.717, 1.165) is 60.2 Å². The first-order chi connectivity index (χ1) is 15.7. The van der Waals surface area contributed by atoms with Crippen molar-refractivity contribution in [3.05, 3.63) is 66.7 Å². The van der Waals surface area contributed by atoms with Crippen LogP contribution in [-0.4, -0.2) is 45.8 Å². The molecule has 6 nitrogen and oxygen atoms in total. The zero-order chi connectivity index (χ0) is 21.5. The van der Waals surface area contributed by atoms with E-state index in [2.05, 4.69) is 21.3 Å². The number of imidazole rings is 1. The zero-order valence-corrected chi connectivity index (χ0v) is 17.8. The highest BCUT2D eigenvalue weighted by Gasteiger charge is 2.39. The van der Waals surface area contributed by atoms with Gasteiger partial charge >= 0.3 is 0 Å². The molecule has 3 aromatic heterocycles. The molecular formula is C25H25FN6. The van der Waals surface area contributed by atoms with E-state index in [0.29, 0.717) is 5.41 Å². The van der Waals surface area contributed by atoms with Crippen molar-refractivity contribution in [2.75, 3.05) is 31.1 Å². The zero-order valence-electron chi connectivity index (χ0n) is 17.8. The quantitative estimate of drug-likeness (QED) is 0.531. The number of nitrogens with zero attached hydrogens (tertiary/aromatic N) is 5. The van der Waals surface area contributed by atoms with E-state index in [1.807, 2.05) is 28.8 Å². The number of piperidine rings is 1. The van der Waals surface area contributed by atoms with Crippen molar-refractivity contribution in [2.24, 2.45) is 5.41 Å². The van der Waals surface area contributed by atoms with Crippen molar-refractivity contribution < 1.29 is 4.39 Å². The number of anilines is 1. The van der Waals surface area contributed by atoms with Crippen LogP contribution in [0.2, 0.25) is 0 Å². The third-order valence-corrected chi connectivity index (χ3v) is 6.94. The maximum Gasteiger partial charge on any atom is 0.155 e. The largest absolute Gasteiger partial charge is 0.355 e. The van der Waals surface area contributed by atoms with Crippen molar-refractivity contribution in [1.29, 1.82) is 0 Å². The molecule has 4 aromatic rings. The van der Waals surface area contributed by atoms with Crippen LogP contribution in [-0.2, 0) is 0 Å². The number of pyridine rings is 1. The van der Waals surface area contributed by atoms with E-state index in [1.165, 1.54) is 31.4 Å². The van der Waals surface area contributed by atoms with E-state index in [-0.39, 0.29) is 5.82 Å². The van der Waals surface area contributed by atoms with Crippen molar-refractivity contribution in [3.63, 3.8) is 0 Å². The lowest BCUT2D eigenvalue weighted by atomic mass is 9.78. The van der Waals surface area contributed by atoms with Crippen molar-refractivity contribution in [2.45, 2.75) is 19.3 Å². The van der Waals surface area contributed by atoms with Gasteiger partial charge in [0.2, 0.25) is 0 Å². The maximum absolute atomic E-state index is 14.0. The number of fused-ring (bicyclic) bond motifs is 1. The number of hydrogen-bond acceptors (Lipinski definition) is 5. The Hall–Kier alpha value is -3.32. The Labute approximate surface area is 186 Å². The number of benzene rings is 1. The summed E-state index contributed by atoms with van der Waals surface area (Å²) >= 11 is 0. The molecule has 2 saturated heterocycles. The van der Waals surface area contributed by atoms with Crippen LogP contribution in [0.5, 0.6) is 0 Å². The summed E-state index contributed by atoms with van der Waals surface area (Å²) in [7, 11) is 0. The minimum absolute atomic E-state index is 0.279. The monoisotopic (exact) mass is 428 g/mol. The molecular weight excluding hydrogens is 403 g/mol. The second-order valence-corrected chi connectivity index (χ2v) is 8.94. The van der Waals surface area contributed by atoms with Crippen LogP contribution in [0.1, 0.15) is 19.3 Å².